The second-order valence-electron chi connectivity index (χ2n) is 32.1. The van der Waals surface area contributed by atoms with Gasteiger partial charge in [0.15, 0.2) is 18.9 Å². The molecule has 19 nitrogen and oxygen atoms in total. The molecule has 1 amide bonds. The normalized spacial score (nSPS) is 25.7. The van der Waals surface area contributed by atoms with Gasteiger partial charge >= 0.3 is 0 Å². The molecule has 19 heteroatoms. The number of carbonyl (C=O) groups excluding carboxylic acids is 1. The van der Waals surface area contributed by atoms with Crippen LogP contribution >= 0.6 is 0 Å². The van der Waals surface area contributed by atoms with Gasteiger partial charge in [-0.1, -0.05) is 378 Å². The van der Waals surface area contributed by atoms with Gasteiger partial charge in [-0.25, -0.2) is 0 Å². The fourth-order valence-corrected chi connectivity index (χ4v) is 15.4. The predicted molar refractivity (Wildman–Crippen MR) is 425 cm³/mol. The summed E-state index contributed by atoms with van der Waals surface area (Å²) in [5, 5.41) is 121. The minimum atomic E-state index is -1.98. The lowest BCUT2D eigenvalue weighted by Crippen LogP contribution is -2.66. The standard InChI is InChI=1S/C87H165NO18/c1-3-5-7-9-11-13-15-17-19-21-23-25-27-29-30-31-32-33-34-35-36-37-38-39-40-41-43-45-47-49-51-53-55-57-59-61-63-65-75(93)88-70(71(92)64-62-60-58-56-54-52-50-48-46-44-42-28-26-24-22-20-18-16-14-12-10-8-6-4-2)69-101-85-81(99)78(96)83(73(67-90)103-85)106-87-82(100)79(97)84(74(68-91)104-87)105-86-80(98)77(95)76(94)72(66-89)102-86/h54,56,62,64,70-74,76-87,89-92,94-100H,3-53,55,57-61,63,65-69H2,1-2H3,(H,88,93)/b56-54+,64-62+. The van der Waals surface area contributed by atoms with Crippen molar-refractivity contribution in [3.63, 3.8) is 0 Å². The van der Waals surface area contributed by atoms with Gasteiger partial charge in [0.2, 0.25) is 5.91 Å². The van der Waals surface area contributed by atoms with Crippen LogP contribution in [-0.2, 0) is 33.2 Å². The highest BCUT2D eigenvalue weighted by molar-refractivity contribution is 5.76. The van der Waals surface area contributed by atoms with E-state index < -0.39 is 124 Å². The molecule has 3 aliphatic heterocycles. The molecule has 17 unspecified atom stereocenters. The predicted octanol–water partition coefficient (Wildman–Crippen LogP) is 16.5. The van der Waals surface area contributed by atoms with Crippen molar-refractivity contribution >= 4 is 5.91 Å². The number of ether oxygens (including phenoxy) is 6. The first-order chi connectivity index (χ1) is 51.8. The summed E-state index contributed by atoms with van der Waals surface area (Å²) in [4.78, 5) is 13.5. The van der Waals surface area contributed by atoms with Gasteiger partial charge in [-0.3, -0.25) is 4.79 Å². The van der Waals surface area contributed by atoms with Crippen molar-refractivity contribution in [1.82, 2.24) is 5.32 Å². The van der Waals surface area contributed by atoms with Crippen molar-refractivity contribution in [2.24, 2.45) is 0 Å². The fourth-order valence-electron chi connectivity index (χ4n) is 15.4. The van der Waals surface area contributed by atoms with E-state index >= 15 is 0 Å². The number of hydrogen-bond acceptors (Lipinski definition) is 18. The second-order valence-corrected chi connectivity index (χ2v) is 32.1. The van der Waals surface area contributed by atoms with Crippen LogP contribution in [0, 0.1) is 0 Å². The minimum absolute atomic E-state index is 0.241. The lowest BCUT2D eigenvalue weighted by atomic mass is 9.96. The van der Waals surface area contributed by atoms with Gasteiger partial charge in [0.05, 0.1) is 38.6 Å². The largest absolute Gasteiger partial charge is 0.394 e. The van der Waals surface area contributed by atoms with E-state index in [1.807, 2.05) is 6.08 Å². The van der Waals surface area contributed by atoms with Crippen molar-refractivity contribution in [3.05, 3.63) is 24.3 Å². The molecule has 3 heterocycles. The Kier molecular flexibility index (Phi) is 62.9. The summed E-state index contributed by atoms with van der Waals surface area (Å²) >= 11 is 0. The zero-order valence-electron chi connectivity index (χ0n) is 67.4. The number of aliphatic hydroxyl groups excluding tert-OH is 11. The Morgan fingerprint density at radius 3 is 0.943 bits per heavy atom. The molecule has 3 rings (SSSR count). The van der Waals surface area contributed by atoms with Gasteiger partial charge in [-0.15, -0.1) is 0 Å². The summed E-state index contributed by atoms with van der Waals surface area (Å²) in [6, 6.07) is -0.989. The molecule has 17 atom stereocenters. The summed E-state index contributed by atoms with van der Waals surface area (Å²) in [5.74, 6) is -0.276. The molecule has 0 radical (unpaired) electrons. The van der Waals surface area contributed by atoms with Crippen molar-refractivity contribution in [2.75, 3.05) is 26.4 Å². The third-order valence-corrected chi connectivity index (χ3v) is 22.5. The highest BCUT2D eigenvalue weighted by Gasteiger charge is 2.54. The second kappa shape index (κ2) is 67.7. The average Bonchev–Trinajstić information content (AvgIpc) is 0.781. The summed E-state index contributed by atoms with van der Waals surface area (Å²) in [7, 11) is 0. The molecular formula is C87H165NO18. The van der Waals surface area contributed by atoms with Crippen LogP contribution in [0.3, 0.4) is 0 Å². The highest BCUT2D eigenvalue weighted by atomic mass is 16.8. The highest BCUT2D eigenvalue weighted by Crippen LogP contribution is 2.34. The van der Waals surface area contributed by atoms with E-state index in [0.29, 0.717) is 12.8 Å². The zero-order chi connectivity index (χ0) is 76.7. The van der Waals surface area contributed by atoms with Gasteiger partial charge < -0.3 is 89.9 Å². The molecule has 0 spiro atoms. The number of carbonyl (C=O) groups is 1. The number of nitrogens with one attached hydrogen (secondary N) is 1. The van der Waals surface area contributed by atoms with Crippen LogP contribution < -0.4 is 5.32 Å². The summed E-state index contributed by atoms with van der Waals surface area (Å²) in [6.07, 6.45) is 57.8. The van der Waals surface area contributed by atoms with Crippen LogP contribution in [0.15, 0.2) is 24.3 Å². The van der Waals surface area contributed by atoms with Crippen LogP contribution in [-0.4, -0.2) is 193 Å². The Bertz CT molecular complexity index is 2000. The van der Waals surface area contributed by atoms with E-state index in [4.69, 9.17) is 28.4 Å². The first-order valence-electron chi connectivity index (χ1n) is 44.6. The SMILES string of the molecule is CCCCCCCCCCCCCCCCCCCC/C=C/CC/C=C/C(O)C(COC1OC(CO)C(OC2OC(CO)C(OC3OC(CO)C(O)C(O)C3O)C(O)C2O)C(O)C1O)NC(=O)CCCCCCCCCCCCCCCCCCCCCCCCCCCCCCCCCCCCCCC. The fraction of sp³-hybridized carbons (Fsp3) is 0.943. The number of allylic oxidation sites excluding steroid dienone is 3. The summed E-state index contributed by atoms with van der Waals surface area (Å²) in [6.45, 7) is 1.79. The number of hydrogen-bond donors (Lipinski definition) is 12. The van der Waals surface area contributed by atoms with Crippen molar-refractivity contribution in [1.29, 1.82) is 0 Å². The van der Waals surface area contributed by atoms with E-state index in [2.05, 4.69) is 31.3 Å². The van der Waals surface area contributed by atoms with Crippen LogP contribution in [0.1, 0.15) is 393 Å². The molecule has 0 aromatic rings. The maximum absolute atomic E-state index is 13.5. The monoisotopic (exact) mass is 1510 g/mol. The van der Waals surface area contributed by atoms with E-state index in [9.17, 15) is 61.0 Å². The maximum atomic E-state index is 13.5. The topological polar surface area (TPSA) is 307 Å². The Hall–Kier alpha value is -1.73. The Balaban J connectivity index is 1.32. The van der Waals surface area contributed by atoms with Crippen LogP contribution in [0.25, 0.3) is 0 Å². The molecule has 0 aromatic carbocycles. The van der Waals surface area contributed by atoms with Crippen molar-refractivity contribution < 1.29 is 89.4 Å². The lowest BCUT2D eigenvalue weighted by molar-refractivity contribution is -0.379. The molecule has 626 valence electrons. The molecule has 0 saturated carbocycles. The summed E-state index contributed by atoms with van der Waals surface area (Å²) in [5.41, 5.74) is 0. The Morgan fingerprint density at radius 2 is 0.604 bits per heavy atom. The van der Waals surface area contributed by atoms with Crippen molar-refractivity contribution in [3.8, 4) is 0 Å². The Labute approximate surface area is 645 Å². The quantitative estimate of drug-likeness (QED) is 0.0199. The van der Waals surface area contributed by atoms with Crippen LogP contribution in [0.4, 0.5) is 0 Å². The van der Waals surface area contributed by atoms with Gasteiger partial charge in [-0.05, 0) is 32.1 Å². The maximum Gasteiger partial charge on any atom is 0.220 e. The number of rotatable bonds is 73. The molecule has 3 saturated heterocycles. The van der Waals surface area contributed by atoms with E-state index in [1.54, 1.807) is 6.08 Å². The third-order valence-electron chi connectivity index (χ3n) is 22.5. The van der Waals surface area contributed by atoms with Gasteiger partial charge in [-0.2, -0.15) is 0 Å². The lowest BCUT2D eigenvalue weighted by Gasteiger charge is -2.48. The number of unbranched alkanes of at least 4 members (excludes halogenated alkanes) is 55. The number of aliphatic hydroxyl groups is 11. The molecule has 3 aliphatic rings. The molecule has 3 fully saturated rings. The first kappa shape index (κ1) is 98.5. The van der Waals surface area contributed by atoms with E-state index in [0.717, 1.165) is 38.5 Å². The Morgan fingerprint density at radius 1 is 0.330 bits per heavy atom. The van der Waals surface area contributed by atoms with Crippen LogP contribution in [0.5, 0.6) is 0 Å². The third kappa shape index (κ3) is 46.4. The molecule has 0 aromatic heterocycles. The van der Waals surface area contributed by atoms with Crippen LogP contribution in [0.2, 0.25) is 0 Å². The average molecular weight is 1510 g/mol. The van der Waals surface area contributed by atoms with Gasteiger partial charge in [0, 0.05) is 6.42 Å². The zero-order valence-corrected chi connectivity index (χ0v) is 67.4. The molecular weight excluding hydrogens is 1350 g/mol. The number of amides is 1. The minimum Gasteiger partial charge on any atom is -0.394 e. The molecule has 106 heavy (non-hydrogen) atoms. The van der Waals surface area contributed by atoms with Gasteiger partial charge in [0.25, 0.3) is 0 Å². The smallest absolute Gasteiger partial charge is 0.220 e. The molecule has 0 aliphatic carbocycles. The first-order valence-corrected chi connectivity index (χ1v) is 44.6. The molecule has 12 N–H and O–H groups in total. The van der Waals surface area contributed by atoms with Crippen molar-refractivity contribution in [2.45, 2.75) is 497 Å². The van der Waals surface area contributed by atoms with Gasteiger partial charge in [0.1, 0.15) is 73.2 Å². The molecule has 0 bridgehead atoms. The summed E-state index contributed by atoms with van der Waals surface area (Å²) < 4.78 is 34.5. The van der Waals surface area contributed by atoms with E-state index in [-0.39, 0.29) is 18.9 Å². The van der Waals surface area contributed by atoms with E-state index in [1.165, 1.54) is 321 Å².